The van der Waals surface area contributed by atoms with E-state index in [0.29, 0.717) is 12.1 Å². The van der Waals surface area contributed by atoms with Crippen LogP contribution in [-0.4, -0.2) is 10.6 Å². The maximum Gasteiger partial charge on any atom is 0.185 e. The predicted octanol–water partition coefficient (Wildman–Crippen LogP) is 7.13. The summed E-state index contributed by atoms with van der Waals surface area (Å²) in [4.78, 5) is 6.64. The molecule has 0 N–H and O–H groups in total. The molecule has 3 heteroatoms. The molecule has 0 atom stereocenters. The Bertz CT molecular complexity index is 1110. The van der Waals surface area contributed by atoms with Crippen LogP contribution in [0.2, 0.25) is 0 Å². The van der Waals surface area contributed by atoms with Crippen LogP contribution in [0.15, 0.2) is 52.8 Å². The van der Waals surface area contributed by atoms with Crippen molar-refractivity contribution in [2.24, 2.45) is 4.99 Å². The fraction of sp³-hybridized carbons (Fsp3) is 0.519. The van der Waals surface area contributed by atoms with Crippen molar-refractivity contribution in [2.45, 2.75) is 88.1 Å². The molecule has 3 aliphatic rings. The molecular formula is C27H32N2S. The molecular weight excluding hydrogens is 384 g/mol. The van der Waals surface area contributed by atoms with Crippen LogP contribution in [0, 0.1) is 0 Å². The van der Waals surface area contributed by atoms with E-state index in [1.807, 2.05) is 11.3 Å². The van der Waals surface area contributed by atoms with E-state index in [9.17, 15) is 0 Å². The quantitative estimate of drug-likeness (QED) is 0.430. The van der Waals surface area contributed by atoms with Gasteiger partial charge in [0.1, 0.15) is 0 Å². The molecule has 0 aliphatic heterocycles. The third-order valence-electron chi connectivity index (χ3n) is 8.05. The third-order valence-corrected chi connectivity index (χ3v) is 8.90. The van der Waals surface area contributed by atoms with Gasteiger partial charge in [0, 0.05) is 22.5 Å². The van der Waals surface area contributed by atoms with Crippen LogP contribution < -0.4 is 4.80 Å². The first kappa shape index (κ1) is 18.9. The van der Waals surface area contributed by atoms with Crippen LogP contribution in [-0.2, 0) is 5.41 Å². The first-order chi connectivity index (χ1) is 14.8. The zero-order chi connectivity index (χ0) is 20.0. The summed E-state index contributed by atoms with van der Waals surface area (Å²) in [7, 11) is 0. The summed E-state index contributed by atoms with van der Waals surface area (Å²) in [5.74, 6) is 0. The van der Waals surface area contributed by atoms with Gasteiger partial charge in [0.2, 0.25) is 0 Å². The molecule has 0 saturated heterocycles. The molecule has 2 aromatic carbocycles. The Balaban J connectivity index is 1.50. The van der Waals surface area contributed by atoms with Gasteiger partial charge in [-0.25, -0.2) is 0 Å². The second-order valence-corrected chi connectivity index (χ2v) is 10.6. The Morgan fingerprint density at radius 1 is 0.833 bits per heavy atom. The smallest absolute Gasteiger partial charge is 0.185 e. The van der Waals surface area contributed by atoms with Crippen LogP contribution in [0.3, 0.4) is 0 Å². The second-order valence-electron chi connectivity index (χ2n) is 9.78. The minimum Gasteiger partial charge on any atom is -0.317 e. The van der Waals surface area contributed by atoms with E-state index in [0.717, 1.165) is 0 Å². The van der Waals surface area contributed by atoms with Crippen LogP contribution in [0.25, 0.3) is 10.8 Å². The summed E-state index contributed by atoms with van der Waals surface area (Å²) in [6.07, 6.45) is 14.6. The topological polar surface area (TPSA) is 17.3 Å². The molecule has 1 aromatic heterocycles. The molecule has 0 radical (unpaired) electrons. The van der Waals surface area contributed by atoms with Crippen molar-refractivity contribution < 1.29 is 0 Å². The van der Waals surface area contributed by atoms with E-state index in [1.165, 1.54) is 91.8 Å². The Hall–Kier alpha value is -1.87. The molecule has 0 spiro atoms. The van der Waals surface area contributed by atoms with Gasteiger partial charge in [-0.3, -0.25) is 4.99 Å². The zero-order valence-electron chi connectivity index (χ0n) is 17.9. The monoisotopic (exact) mass is 416 g/mol. The largest absolute Gasteiger partial charge is 0.317 e. The molecule has 1 heterocycles. The first-order valence-corrected chi connectivity index (χ1v) is 13.0. The highest BCUT2D eigenvalue weighted by molar-refractivity contribution is 7.07. The van der Waals surface area contributed by atoms with Gasteiger partial charge >= 0.3 is 0 Å². The molecule has 6 rings (SSSR count). The highest BCUT2D eigenvalue weighted by atomic mass is 32.1. The fourth-order valence-electron chi connectivity index (χ4n) is 6.18. The Morgan fingerprint density at radius 2 is 1.57 bits per heavy atom. The van der Waals surface area contributed by atoms with E-state index in [2.05, 4.69) is 52.4 Å². The SMILES string of the molecule is c1ccc2cc(C3(c4cs/c(=N/C5CCCC5)n4C4CCCC4)CCC3)ccc2c1. The maximum atomic E-state index is 5.32. The zero-order valence-corrected chi connectivity index (χ0v) is 18.7. The van der Waals surface area contributed by atoms with Crippen LogP contribution in [0.4, 0.5) is 0 Å². The summed E-state index contributed by atoms with van der Waals surface area (Å²) in [6.45, 7) is 0. The number of benzene rings is 2. The van der Waals surface area contributed by atoms with Gasteiger partial charge in [0.05, 0.1) is 6.04 Å². The van der Waals surface area contributed by atoms with Crippen LogP contribution in [0.1, 0.15) is 87.9 Å². The number of hydrogen-bond donors (Lipinski definition) is 0. The summed E-state index contributed by atoms with van der Waals surface area (Å²) in [5, 5.41) is 5.21. The lowest BCUT2D eigenvalue weighted by atomic mass is 9.62. The number of aromatic nitrogens is 1. The van der Waals surface area contributed by atoms with Gasteiger partial charge in [-0.05, 0) is 54.9 Å². The van der Waals surface area contributed by atoms with Crippen molar-refractivity contribution in [1.82, 2.24) is 4.57 Å². The van der Waals surface area contributed by atoms with Gasteiger partial charge < -0.3 is 4.57 Å². The summed E-state index contributed by atoms with van der Waals surface area (Å²) < 4.78 is 2.73. The Labute approximate surface area is 183 Å². The Kier molecular flexibility index (Phi) is 4.83. The van der Waals surface area contributed by atoms with Gasteiger partial charge in [0.15, 0.2) is 4.80 Å². The normalized spacial score (nSPS) is 22.7. The van der Waals surface area contributed by atoms with Crippen LogP contribution in [0.5, 0.6) is 0 Å². The lowest BCUT2D eigenvalue weighted by Gasteiger charge is -2.44. The molecule has 30 heavy (non-hydrogen) atoms. The molecule has 156 valence electrons. The fourth-order valence-corrected chi connectivity index (χ4v) is 7.30. The molecule has 0 amide bonds. The van der Waals surface area contributed by atoms with E-state index < -0.39 is 0 Å². The van der Waals surface area contributed by atoms with E-state index in [1.54, 1.807) is 5.69 Å². The van der Waals surface area contributed by atoms with Gasteiger partial charge in [-0.1, -0.05) is 74.6 Å². The Morgan fingerprint density at radius 3 is 2.30 bits per heavy atom. The van der Waals surface area contributed by atoms with Crippen molar-refractivity contribution in [3.8, 4) is 0 Å². The van der Waals surface area contributed by atoms with E-state index in [-0.39, 0.29) is 5.41 Å². The highest BCUT2D eigenvalue weighted by Gasteiger charge is 2.44. The molecule has 0 unspecified atom stereocenters. The minimum atomic E-state index is 0.187. The lowest BCUT2D eigenvalue weighted by Crippen LogP contribution is -2.40. The first-order valence-electron chi connectivity index (χ1n) is 12.1. The van der Waals surface area contributed by atoms with Crippen molar-refractivity contribution in [1.29, 1.82) is 0 Å². The number of hydrogen-bond acceptors (Lipinski definition) is 2. The van der Waals surface area contributed by atoms with Crippen LogP contribution >= 0.6 is 11.3 Å². The van der Waals surface area contributed by atoms with E-state index >= 15 is 0 Å². The number of nitrogens with zero attached hydrogens (tertiary/aromatic N) is 2. The molecule has 3 aromatic rings. The summed E-state index contributed by atoms with van der Waals surface area (Å²) >= 11 is 1.92. The maximum absolute atomic E-state index is 5.32. The second kappa shape index (κ2) is 7.67. The predicted molar refractivity (Wildman–Crippen MR) is 126 cm³/mol. The van der Waals surface area contributed by atoms with Crippen molar-refractivity contribution in [3.63, 3.8) is 0 Å². The molecule has 3 saturated carbocycles. The molecule has 3 aliphatic carbocycles. The standard InChI is InChI=1S/C27H32N2S/c1-2-9-21-18-22(15-14-20(21)8-1)27(16-7-17-27)25-19-30-26(28-23-10-3-4-11-23)29(25)24-12-5-6-13-24/h1-2,8-9,14-15,18-19,23-24H,3-7,10-13,16-17H2/b28-26+. The molecule has 0 bridgehead atoms. The van der Waals surface area contributed by atoms with Gasteiger partial charge in [-0.15, -0.1) is 11.3 Å². The van der Waals surface area contributed by atoms with E-state index in [4.69, 9.17) is 4.99 Å². The average molecular weight is 417 g/mol. The van der Waals surface area contributed by atoms with Gasteiger partial charge in [-0.2, -0.15) is 0 Å². The molecule has 3 fully saturated rings. The molecule has 2 nitrogen and oxygen atoms in total. The third kappa shape index (κ3) is 3.09. The lowest BCUT2D eigenvalue weighted by molar-refractivity contribution is 0.274. The summed E-state index contributed by atoms with van der Waals surface area (Å²) in [6, 6.07) is 17.2. The van der Waals surface area contributed by atoms with Crippen molar-refractivity contribution in [2.75, 3.05) is 0 Å². The highest BCUT2D eigenvalue weighted by Crippen LogP contribution is 2.50. The summed E-state index contributed by atoms with van der Waals surface area (Å²) in [5.41, 5.74) is 3.27. The average Bonchev–Trinajstić information content (AvgIpc) is 3.50. The number of rotatable bonds is 4. The minimum absolute atomic E-state index is 0.187. The number of fused-ring (bicyclic) bond motifs is 1. The van der Waals surface area contributed by atoms with Crippen molar-refractivity contribution in [3.05, 3.63) is 63.9 Å². The number of thiazole rings is 1. The van der Waals surface area contributed by atoms with Gasteiger partial charge in [0.25, 0.3) is 0 Å². The van der Waals surface area contributed by atoms with Crippen molar-refractivity contribution >= 4 is 22.1 Å².